The van der Waals surface area contributed by atoms with Gasteiger partial charge in [0.1, 0.15) is 0 Å². The van der Waals surface area contributed by atoms with E-state index in [0.717, 1.165) is 31.6 Å². The number of piperidine rings is 1. The van der Waals surface area contributed by atoms with Crippen molar-refractivity contribution in [2.45, 2.75) is 19.3 Å². The molecule has 0 unspecified atom stereocenters. The van der Waals surface area contributed by atoms with E-state index in [-0.39, 0.29) is 11.5 Å². The van der Waals surface area contributed by atoms with Crippen LogP contribution in [-0.4, -0.2) is 28.5 Å². The van der Waals surface area contributed by atoms with Crippen molar-refractivity contribution in [3.05, 3.63) is 64.6 Å². The van der Waals surface area contributed by atoms with E-state index in [0.29, 0.717) is 5.56 Å². The van der Waals surface area contributed by atoms with Crippen LogP contribution in [0.3, 0.4) is 0 Å². The highest BCUT2D eigenvalue weighted by Gasteiger charge is 2.18. The highest BCUT2D eigenvalue weighted by molar-refractivity contribution is 5.94. The van der Waals surface area contributed by atoms with Gasteiger partial charge in [-0.2, -0.15) is 0 Å². The second-order valence-corrected chi connectivity index (χ2v) is 5.31. The van der Waals surface area contributed by atoms with Gasteiger partial charge in [-0.1, -0.05) is 18.2 Å². The minimum Gasteiger partial charge on any atom is -0.339 e. The summed E-state index contributed by atoms with van der Waals surface area (Å²) in [6.45, 7) is 1.62. The molecule has 108 valence electrons. The van der Waals surface area contributed by atoms with E-state index >= 15 is 0 Å². The summed E-state index contributed by atoms with van der Waals surface area (Å²) in [5.41, 5.74) is 1.22. The Morgan fingerprint density at radius 2 is 1.62 bits per heavy atom. The van der Waals surface area contributed by atoms with Crippen molar-refractivity contribution in [3.8, 4) is 5.69 Å². The number of rotatable bonds is 2. The Hall–Kier alpha value is -2.36. The average molecular weight is 282 g/mol. The first-order valence-electron chi connectivity index (χ1n) is 7.33. The molecule has 0 saturated carbocycles. The van der Waals surface area contributed by atoms with Crippen LogP contribution in [-0.2, 0) is 0 Å². The molecule has 1 amide bonds. The van der Waals surface area contributed by atoms with Crippen LogP contribution in [0.25, 0.3) is 5.69 Å². The van der Waals surface area contributed by atoms with Gasteiger partial charge >= 0.3 is 0 Å². The van der Waals surface area contributed by atoms with Crippen molar-refractivity contribution in [1.29, 1.82) is 0 Å². The molecule has 1 aromatic carbocycles. The number of benzene rings is 1. The minimum atomic E-state index is -0.128. The van der Waals surface area contributed by atoms with Crippen molar-refractivity contribution < 1.29 is 4.79 Å². The molecule has 2 heterocycles. The smallest absolute Gasteiger partial charge is 0.255 e. The molecule has 3 rings (SSSR count). The largest absolute Gasteiger partial charge is 0.339 e. The van der Waals surface area contributed by atoms with Crippen LogP contribution < -0.4 is 5.56 Å². The zero-order chi connectivity index (χ0) is 14.7. The molecular formula is C17H18N2O2. The Balaban J connectivity index is 1.94. The zero-order valence-corrected chi connectivity index (χ0v) is 11.9. The maximum absolute atomic E-state index is 12.5. The fraction of sp³-hybridized carbons (Fsp3) is 0.294. The normalized spacial score (nSPS) is 15.0. The van der Waals surface area contributed by atoms with Crippen molar-refractivity contribution in [3.63, 3.8) is 0 Å². The summed E-state index contributed by atoms with van der Waals surface area (Å²) in [5.74, 6) is 0.0133. The lowest BCUT2D eigenvalue weighted by Gasteiger charge is -2.26. The molecule has 21 heavy (non-hydrogen) atoms. The Morgan fingerprint density at radius 3 is 2.33 bits per heavy atom. The molecule has 0 bridgehead atoms. The second-order valence-electron chi connectivity index (χ2n) is 5.31. The van der Waals surface area contributed by atoms with E-state index in [4.69, 9.17) is 0 Å². The van der Waals surface area contributed by atoms with Crippen LogP contribution >= 0.6 is 0 Å². The molecule has 2 aromatic rings. The Morgan fingerprint density at radius 1 is 0.905 bits per heavy atom. The van der Waals surface area contributed by atoms with Crippen LogP contribution in [0.2, 0.25) is 0 Å². The topological polar surface area (TPSA) is 42.3 Å². The number of hydrogen-bond acceptors (Lipinski definition) is 2. The van der Waals surface area contributed by atoms with Crippen molar-refractivity contribution in [1.82, 2.24) is 9.47 Å². The predicted molar refractivity (Wildman–Crippen MR) is 81.8 cm³/mol. The van der Waals surface area contributed by atoms with Crippen LogP contribution in [0, 0.1) is 0 Å². The van der Waals surface area contributed by atoms with E-state index in [9.17, 15) is 9.59 Å². The third-order valence-corrected chi connectivity index (χ3v) is 3.84. The number of amides is 1. The summed E-state index contributed by atoms with van der Waals surface area (Å²) in [7, 11) is 0. The van der Waals surface area contributed by atoms with Crippen LogP contribution in [0.1, 0.15) is 29.6 Å². The fourth-order valence-electron chi connectivity index (χ4n) is 2.68. The number of nitrogens with zero attached hydrogens (tertiary/aromatic N) is 2. The number of para-hydroxylation sites is 1. The first-order valence-corrected chi connectivity index (χ1v) is 7.33. The molecule has 0 radical (unpaired) electrons. The third-order valence-electron chi connectivity index (χ3n) is 3.84. The Labute approximate surface area is 123 Å². The molecule has 0 aliphatic carbocycles. The maximum atomic E-state index is 12.5. The summed E-state index contributed by atoms with van der Waals surface area (Å²) in [4.78, 5) is 26.4. The van der Waals surface area contributed by atoms with E-state index in [2.05, 4.69) is 0 Å². The molecule has 0 spiro atoms. The Kier molecular flexibility index (Phi) is 3.86. The van der Waals surface area contributed by atoms with Crippen molar-refractivity contribution in [2.75, 3.05) is 13.1 Å². The SMILES string of the molecule is O=C(c1ccc(=O)n(-c2ccccc2)c1)N1CCCCC1. The summed E-state index contributed by atoms with van der Waals surface area (Å²) in [6, 6.07) is 12.5. The average Bonchev–Trinajstić information content (AvgIpc) is 2.56. The predicted octanol–water partition coefficient (Wildman–Crippen LogP) is 2.46. The zero-order valence-electron chi connectivity index (χ0n) is 11.9. The van der Waals surface area contributed by atoms with Gasteiger partial charge in [-0.05, 0) is 37.5 Å². The minimum absolute atomic E-state index is 0.0133. The standard InChI is InChI=1S/C17H18N2O2/c20-16-10-9-14(17(21)18-11-5-2-6-12-18)13-19(16)15-7-3-1-4-8-15/h1,3-4,7-10,13H,2,5-6,11-12H2. The fourth-order valence-corrected chi connectivity index (χ4v) is 2.68. The van der Waals surface area contributed by atoms with Gasteiger partial charge in [0, 0.05) is 31.0 Å². The van der Waals surface area contributed by atoms with Crippen LogP contribution in [0.5, 0.6) is 0 Å². The molecule has 4 nitrogen and oxygen atoms in total. The lowest BCUT2D eigenvalue weighted by molar-refractivity contribution is 0.0723. The number of carbonyl (C=O) groups is 1. The van der Waals surface area contributed by atoms with Gasteiger partial charge < -0.3 is 4.90 Å². The number of likely N-dealkylation sites (tertiary alicyclic amines) is 1. The molecule has 1 aliphatic heterocycles. The molecular weight excluding hydrogens is 264 g/mol. The van der Waals surface area contributed by atoms with Gasteiger partial charge in [-0.15, -0.1) is 0 Å². The van der Waals surface area contributed by atoms with Gasteiger partial charge in [-0.3, -0.25) is 14.2 Å². The van der Waals surface area contributed by atoms with Crippen molar-refractivity contribution in [2.24, 2.45) is 0 Å². The van der Waals surface area contributed by atoms with Gasteiger partial charge in [0.05, 0.1) is 5.56 Å². The Bertz CT molecular complexity index is 685. The lowest BCUT2D eigenvalue weighted by Crippen LogP contribution is -2.36. The molecule has 1 aromatic heterocycles. The van der Waals surface area contributed by atoms with E-state index in [1.54, 1.807) is 12.3 Å². The number of aromatic nitrogens is 1. The van der Waals surface area contributed by atoms with Crippen LogP contribution in [0.15, 0.2) is 53.5 Å². The highest BCUT2D eigenvalue weighted by atomic mass is 16.2. The highest BCUT2D eigenvalue weighted by Crippen LogP contribution is 2.13. The third kappa shape index (κ3) is 2.89. The number of hydrogen-bond donors (Lipinski definition) is 0. The first kappa shape index (κ1) is 13.6. The molecule has 0 atom stereocenters. The summed E-state index contributed by atoms with van der Waals surface area (Å²) < 4.78 is 1.52. The van der Waals surface area contributed by atoms with Gasteiger partial charge in [-0.25, -0.2) is 0 Å². The van der Waals surface area contributed by atoms with E-state index < -0.39 is 0 Å². The molecule has 1 saturated heterocycles. The summed E-state index contributed by atoms with van der Waals surface area (Å²) in [5, 5.41) is 0. The van der Waals surface area contributed by atoms with Crippen molar-refractivity contribution >= 4 is 5.91 Å². The maximum Gasteiger partial charge on any atom is 0.255 e. The van der Waals surface area contributed by atoms with E-state index in [1.165, 1.54) is 17.1 Å². The van der Waals surface area contributed by atoms with E-state index in [1.807, 2.05) is 35.2 Å². The van der Waals surface area contributed by atoms with Crippen LogP contribution in [0.4, 0.5) is 0 Å². The molecule has 1 aliphatic rings. The van der Waals surface area contributed by atoms with Gasteiger partial charge in [0.2, 0.25) is 0 Å². The number of pyridine rings is 1. The van der Waals surface area contributed by atoms with Gasteiger partial charge in [0.15, 0.2) is 0 Å². The monoisotopic (exact) mass is 282 g/mol. The molecule has 0 N–H and O–H groups in total. The quantitative estimate of drug-likeness (QED) is 0.849. The molecule has 4 heteroatoms. The lowest BCUT2D eigenvalue weighted by atomic mass is 10.1. The second kappa shape index (κ2) is 5.95. The summed E-state index contributed by atoms with van der Waals surface area (Å²) in [6.07, 6.45) is 4.95. The summed E-state index contributed by atoms with van der Waals surface area (Å²) >= 11 is 0. The van der Waals surface area contributed by atoms with Gasteiger partial charge in [0.25, 0.3) is 11.5 Å². The molecule has 1 fully saturated rings. The number of carbonyl (C=O) groups excluding carboxylic acids is 1. The first-order chi connectivity index (χ1) is 10.3.